The first-order valence-electron chi connectivity index (χ1n) is 7.80. The van der Waals surface area contributed by atoms with Crippen LogP contribution in [0.15, 0.2) is 48.5 Å². The third-order valence-electron chi connectivity index (χ3n) is 3.27. The highest BCUT2D eigenvalue weighted by atomic mass is 16.6. The Bertz CT molecular complexity index is 800. The predicted octanol–water partition coefficient (Wildman–Crippen LogP) is 2.11. The summed E-state index contributed by atoms with van der Waals surface area (Å²) in [6.07, 6.45) is 0. The third-order valence-corrected chi connectivity index (χ3v) is 3.27. The van der Waals surface area contributed by atoms with Gasteiger partial charge in [-0.3, -0.25) is 4.79 Å². The molecule has 0 saturated heterocycles. The van der Waals surface area contributed by atoms with E-state index in [0.717, 1.165) is 0 Å². The molecule has 0 fully saturated rings. The van der Waals surface area contributed by atoms with E-state index in [4.69, 9.17) is 19.3 Å². The molecule has 2 aromatic carbocycles. The van der Waals surface area contributed by atoms with E-state index in [-0.39, 0.29) is 28.4 Å². The molecular weight excluding hydrogens is 356 g/mol. The number of hydrogen-bond donors (Lipinski definition) is 1. The minimum Gasteiger partial charge on any atom is -0.478 e. The van der Waals surface area contributed by atoms with Gasteiger partial charge in [-0.25, -0.2) is 14.4 Å². The van der Waals surface area contributed by atoms with Gasteiger partial charge in [0, 0.05) is 0 Å². The SMILES string of the molecule is CC(=O)c1ccccc1OC(=O)COCC(=O)Oc1ccccc1C(=O)O. The van der Waals surface area contributed by atoms with Crippen molar-refractivity contribution in [1.82, 2.24) is 0 Å². The van der Waals surface area contributed by atoms with Crippen molar-refractivity contribution in [1.29, 1.82) is 0 Å². The third kappa shape index (κ3) is 5.75. The molecule has 0 aliphatic heterocycles. The van der Waals surface area contributed by atoms with Crippen LogP contribution in [0.1, 0.15) is 27.6 Å². The molecule has 1 N–H and O–H groups in total. The molecule has 0 atom stereocenters. The fraction of sp³-hybridized carbons (Fsp3) is 0.158. The maximum absolute atomic E-state index is 11.8. The van der Waals surface area contributed by atoms with Gasteiger partial charge in [0.15, 0.2) is 5.78 Å². The van der Waals surface area contributed by atoms with Crippen LogP contribution in [-0.4, -0.2) is 42.0 Å². The highest BCUT2D eigenvalue weighted by Crippen LogP contribution is 2.19. The molecule has 0 amide bonds. The van der Waals surface area contributed by atoms with Gasteiger partial charge >= 0.3 is 17.9 Å². The number of Topliss-reactive ketones (excluding diaryl/α,β-unsaturated/α-hetero) is 1. The first-order valence-corrected chi connectivity index (χ1v) is 7.80. The Morgan fingerprint density at radius 3 is 1.70 bits per heavy atom. The van der Waals surface area contributed by atoms with Gasteiger partial charge < -0.3 is 19.3 Å². The summed E-state index contributed by atoms with van der Waals surface area (Å²) in [5.74, 6) is -3.22. The molecule has 0 radical (unpaired) electrons. The van der Waals surface area contributed by atoms with E-state index in [2.05, 4.69) is 0 Å². The molecule has 0 aromatic heterocycles. The van der Waals surface area contributed by atoms with Crippen LogP contribution < -0.4 is 9.47 Å². The van der Waals surface area contributed by atoms with Gasteiger partial charge in [-0.15, -0.1) is 0 Å². The summed E-state index contributed by atoms with van der Waals surface area (Å²) in [7, 11) is 0. The molecule has 8 nitrogen and oxygen atoms in total. The topological polar surface area (TPSA) is 116 Å². The van der Waals surface area contributed by atoms with Crippen LogP contribution in [0.2, 0.25) is 0 Å². The van der Waals surface area contributed by atoms with Gasteiger partial charge in [-0.2, -0.15) is 0 Å². The molecule has 0 bridgehead atoms. The second-order valence-corrected chi connectivity index (χ2v) is 5.29. The first kappa shape index (κ1) is 19.8. The number of carbonyl (C=O) groups excluding carboxylic acids is 3. The van der Waals surface area contributed by atoms with Crippen molar-refractivity contribution in [3.63, 3.8) is 0 Å². The van der Waals surface area contributed by atoms with Gasteiger partial charge in [0.2, 0.25) is 0 Å². The second kappa shape index (κ2) is 9.25. The fourth-order valence-electron chi connectivity index (χ4n) is 2.10. The van der Waals surface area contributed by atoms with Crippen LogP contribution in [0.25, 0.3) is 0 Å². The van der Waals surface area contributed by atoms with Crippen LogP contribution in [0, 0.1) is 0 Å². The molecular formula is C19H16O8. The van der Waals surface area contributed by atoms with Crippen LogP contribution in [0.5, 0.6) is 11.5 Å². The van der Waals surface area contributed by atoms with Gasteiger partial charge in [0.05, 0.1) is 5.56 Å². The van der Waals surface area contributed by atoms with Crippen LogP contribution in [0.4, 0.5) is 0 Å². The maximum atomic E-state index is 11.8. The van der Waals surface area contributed by atoms with E-state index in [9.17, 15) is 19.2 Å². The Morgan fingerprint density at radius 2 is 1.22 bits per heavy atom. The summed E-state index contributed by atoms with van der Waals surface area (Å²) in [4.78, 5) is 46.0. The Labute approximate surface area is 154 Å². The number of aromatic carboxylic acids is 1. The molecule has 0 spiro atoms. The zero-order valence-corrected chi connectivity index (χ0v) is 14.3. The molecule has 0 heterocycles. The van der Waals surface area contributed by atoms with Crippen LogP contribution in [-0.2, 0) is 14.3 Å². The number of ether oxygens (including phenoxy) is 3. The standard InChI is InChI=1S/C19H16O8/c1-12(20)13-6-2-4-8-15(13)26-17(21)10-25-11-18(22)27-16-9-5-3-7-14(16)19(23)24/h2-9H,10-11H2,1H3,(H,23,24). The van der Waals surface area contributed by atoms with Gasteiger partial charge in [0.25, 0.3) is 0 Å². The van der Waals surface area contributed by atoms with Crippen LogP contribution in [0.3, 0.4) is 0 Å². The Morgan fingerprint density at radius 1 is 0.778 bits per heavy atom. The monoisotopic (exact) mass is 372 g/mol. The number of esters is 2. The predicted molar refractivity (Wildman–Crippen MR) is 91.9 cm³/mol. The molecule has 27 heavy (non-hydrogen) atoms. The Kier molecular flexibility index (Phi) is 6.79. The number of rotatable bonds is 8. The van der Waals surface area contributed by atoms with E-state index < -0.39 is 31.1 Å². The van der Waals surface area contributed by atoms with E-state index in [1.165, 1.54) is 43.3 Å². The number of carboxylic acids is 1. The summed E-state index contributed by atoms with van der Waals surface area (Å²) in [5, 5.41) is 9.02. The average Bonchev–Trinajstić information content (AvgIpc) is 2.62. The Hall–Kier alpha value is -3.52. The zero-order valence-electron chi connectivity index (χ0n) is 14.3. The van der Waals surface area contributed by atoms with Crippen molar-refractivity contribution in [3.8, 4) is 11.5 Å². The molecule has 0 aliphatic rings. The zero-order chi connectivity index (χ0) is 19.8. The molecule has 2 rings (SSSR count). The van der Waals surface area contributed by atoms with E-state index in [1.807, 2.05) is 0 Å². The molecule has 8 heteroatoms. The molecule has 0 unspecified atom stereocenters. The summed E-state index contributed by atoms with van der Waals surface area (Å²) >= 11 is 0. The lowest BCUT2D eigenvalue weighted by molar-refractivity contribution is -0.145. The summed E-state index contributed by atoms with van der Waals surface area (Å²) in [6.45, 7) is 0.202. The number of hydrogen-bond acceptors (Lipinski definition) is 7. The highest BCUT2D eigenvalue weighted by molar-refractivity contribution is 5.97. The minimum atomic E-state index is -1.24. The van der Waals surface area contributed by atoms with E-state index >= 15 is 0 Å². The minimum absolute atomic E-state index is 0.0940. The molecule has 0 aliphatic carbocycles. The lowest BCUT2D eigenvalue weighted by Gasteiger charge is -2.09. The van der Waals surface area contributed by atoms with Gasteiger partial charge in [0.1, 0.15) is 30.3 Å². The molecule has 0 saturated carbocycles. The smallest absolute Gasteiger partial charge is 0.339 e. The second-order valence-electron chi connectivity index (χ2n) is 5.29. The van der Waals surface area contributed by atoms with Crippen molar-refractivity contribution in [2.75, 3.05) is 13.2 Å². The van der Waals surface area contributed by atoms with Crippen molar-refractivity contribution < 1.29 is 38.5 Å². The molecule has 2 aromatic rings. The summed E-state index contributed by atoms with van der Waals surface area (Å²) < 4.78 is 14.9. The van der Waals surface area contributed by atoms with Gasteiger partial charge in [-0.05, 0) is 31.2 Å². The van der Waals surface area contributed by atoms with Gasteiger partial charge in [-0.1, -0.05) is 24.3 Å². The van der Waals surface area contributed by atoms with E-state index in [1.54, 1.807) is 12.1 Å². The number of carboxylic acid groups (broad SMARTS) is 1. The van der Waals surface area contributed by atoms with Crippen molar-refractivity contribution >= 4 is 23.7 Å². The quantitative estimate of drug-likeness (QED) is 0.425. The normalized spacial score (nSPS) is 10.1. The van der Waals surface area contributed by atoms with Crippen molar-refractivity contribution in [2.45, 2.75) is 6.92 Å². The maximum Gasteiger partial charge on any atom is 0.339 e. The largest absolute Gasteiger partial charge is 0.478 e. The van der Waals surface area contributed by atoms with Crippen molar-refractivity contribution in [2.24, 2.45) is 0 Å². The highest BCUT2D eigenvalue weighted by Gasteiger charge is 2.16. The number of benzene rings is 2. The average molecular weight is 372 g/mol. The van der Waals surface area contributed by atoms with Crippen molar-refractivity contribution in [3.05, 3.63) is 59.7 Å². The first-order chi connectivity index (χ1) is 12.9. The number of carbonyl (C=O) groups is 4. The summed E-state index contributed by atoms with van der Waals surface area (Å²) in [6, 6.07) is 11.8. The van der Waals surface area contributed by atoms with E-state index in [0.29, 0.717) is 0 Å². The van der Waals surface area contributed by atoms with Crippen LogP contribution >= 0.6 is 0 Å². The summed E-state index contributed by atoms with van der Waals surface area (Å²) in [5.41, 5.74) is 0.0710. The Balaban J connectivity index is 1.84. The number of ketones is 1. The molecule has 140 valence electrons. The fourth-order valence-corrected chi connectivity index (χ4v) is 2.10. The lowest BCUT2D eigenvalue weighted by atomic mass is 10.1. The lowest BCUT2D eigenvalue weighted by Crippen LogP contribution is -2.22. The number of para-hydroxylation sites is 2.